The Kier molecular flexibility index (Phi) is 5.20. The molecule has 1 aliphatic carbocycles. The summed E-state index contributed by atoms with van der Waals surface area (Å²) in [5.41, 5.74) is 8.47. The average molecular weight is 540 g/mol. The van der Waals surface area contributed by atoms with Gasteiger partial charge in [0.05, 0.1) is 22.5 Å². The summed E-state index contributed by atoms with van der Waals surface area (Å²) in [6, 6.07) is 41.4. The van der Waals surface area contributed by atoms with Crippen molar-refractivity contribution in [3.05, 3.63) is 136 Å². The molecule has 8 rings (SSSR count). The molecular weight excluding hydrogens is 514 g/mol. The summed E-state index contributed by atoms with van der Waals surface area (Å²) in [6.45, 7) is 1.97. The Bertz CT molecular complexity index is 2350. The van der Waals surface area contributed by atoms with Gasteiger partial charge in [-0.2, -0.15) is 5.26 Å². The van der Waals surface area contributed by atoms with E-state index in [9.17, 15) is 10.1 Å². The minimum absolute atomic E-state index is 0.0923. The third-order valence-electron chi connectivity index (χ3n) is 8.55. The van der Waals surface area contributed by atoms with Crippen LogP contribution in [0, 0.1) is 16.7 Å². The van der Waals surface area contributed by atoms with Gasteiger partial charge in [0.25, 0.3) is 5.56 Å². The molecule has 0 amide bonds. The molecular formula is C38H25N3O. The van der Waals surface area contributed by atoms with Gasteiger partial charge in [0.2, 0.25) is 0 Å². The number of hydrogen-bond acceptors (Lipinski definition) is 3. The second-order valence-electron chi connectivity index (χ2n) is 11.3. The number of imidazole rings is 1. The number of pyridine rings is 1. The van der Waals surface area contributed by atoms with Crippen LogP contribution in [-0.2, 0) is 6.42 Å². The zero-order valence-corrected chi connectivity index (χ0v) is 23.0. The highest BCUT2D eigenvalue weighted by Crippen LogP contribution is 2.38. The van der Waals surface area contributed by atoms with Crippen molar-refractivity contribution in [3.8, 4) is 39.4 Å². The monoisotopic (exact) mass is 539 g/mol. The molecule has 0 spiro atoms. The Hall–Kier alpha value is -5.53. The van der Waals surface area contributed by atoms with Crippen LogP contribution < -0.4 is 10.8 Å². The summed E-state index contributed by atoms with van der Waals surface area (Å²) >= 11 is 0. The molecule has 0 radical (unpaired) electrons. The minimum Gasteiger partial charge on any atom is -0.268 e. The summed E-state index contributed by atoms with van der Waals surface area (Å²) in [5, 5.41) is 12.8. The molecule has 0 N–H and O–H groups in total. The van der Waals surface area contributed by atoms with E-state index in [-0.39, 0.29) is 5.56 Å². The molecule has 0 bridgehead atoms. The number of hydrogen-bond donors (Lipinski definition) is 0. The molecule has 198 valence electrons. The van der Waals surface area contributed by atoms with E-state index >= 15 is 0 Å². The molecule has 0 aliphatic heterocycles. The van der Waals surface area contributed by atoms with E-state index in [1.807, 2.05) is 79.7 Å². The van der Waals surface area contributed by atoms with E-state index in [0.717, 1.165) is 60.6 Å². The summed E-state index contributed by atoms with van der Waals surface area (Å²) in [7, 11) is 0. The van der Waals surface area contributed by atoms with E-state index in [1.54, 1.807) is 4.40 Å². The zero-order chi connectivity index (χ0) is 28.4. The SMILES string of the molecule is CC1(C#N)C=c2c(-c3ccccc3)ccc3c(=O)n4c(nc5c(-c6ccccc6)cc(-c6ccccc6)cc54)c(c23)C1. The molecule has 4 heteroatoms. The standard InChI is InChI=1S/C38H25N3O/c1-38(23-39)21-31-28(25-13-7-3-8-14-25)17-18-29-34(31)32(22-38)36-40-35-30(26-15-9-4-10-16-26)19-27(24-11-5-2-6-12-24)20-33(35)41(36)37(29)42/h2-21H,22H2,1H3. The third kappa shape index (κ3) is 3.54. The average Bonchev–Trinajstić information content (AvgIpc) is 3.44. The van der Waals surface area contributed by atoms with Crippen molar-refractivity contribution in [2.75, 3.05) is 0 Å². The predicted molar refractivity (Wildman–Crippen MR) is 170 cm³/mol. The molecule has 1 unspecified atom stereocenters. The maximum absolute atomic E-state index is 14.4. The lowest BCUT2D eigenvalue weighted by Crippen LogP contribution is -2.29. The second kappa shape index (κ2) is 8.99. The van der Waals surface area contributed by atoms with Crippen molar-refractivity contribution in [2.24, 2.45) is 5.41 Å². The van der Waals surface area contributed by atoms with E-state index < -0.39 is 5.41 Å². The number of aromatic nitrogens is 2. The maximum atomic E-state index is 14.4. The van der Waals surface area contributed by atoms with Gasteiger partial charge >= 0.3 is 0 Å². The lowest BCUT2D eigenvalue weighted by Gasteiger charge is -2.25. The van der Waals surface area contributed by atoms with Crippen LogP contribution in [-0.4, -0.2) is 9.38 Å². The van der Waals surface area contributed by atoms with Crippen molar-refractivity contribution in [3.63, 3.8) is 0 Å². The van der Waals surface area contributed by atoms with Crippen LogP contribution in [0.25, 0.3) is 66.9 Å². The summed E-state index contributed by atoms with van der Waals surface area (Å²) in [5.74, 6) is 0. The predicted octanol–water partition coefficient (Wildman–Crippen LogP) is 7.59. The lowest BCUT2D eigenvalue weighted by molar-refractivity contribution is 0.600. The van der Waals surface area contributed by atoms with Gasteiger partial charge in [-0.05, 0) is 64.6 Å². The molecule has 4 nitrogen and oxygen atoms in total. The third-order valence-corrected chi connectivity index (χ3v) is 8.55. The van der Waals surface area contributed by atoms with E-state index in [1.165, 1.54) is 0 Å². The Morgan fingerprint density at radius 1 is 0.762 bits per heavy atom. The molecule has 0 saturated heterocycles. The van der Waals surface area contributed by atoms with Gasteiger partial charge in [-0.3, -0.25) is 9.20 Å². The Balaban J connectivity index is 1.56. The fraction of sp³-hybridized carbons (Fsp3) is 0.0789. The fourth-order valence-corrected chi connectivity index (χ4v) is 6.57. The quantitative estimate of drug-likeness (QED) is 0.232. The van der Waals surface area contributed by atoms with Gasteiger partial charge < -0.3 is 0 Å². The fourth-order valence-electron chi connectivity index (χ4n) is 6.57. The first-order valence-corrected chi connectivity index (χ1v) is 14.1. The van der Waals surface area contributed by atoms with Crippen molar-refractivity contribution >= 4 is 33.5 Å². The zero-order valence-electron chi connectivity index (χ0n) is 23.0. The highest BCUT2D eigenvalue weighted by Gasteiger charge is 2.31. The van der Waals surface area contributed by atoms with Gasteiger partial charge in [0.15, 0.2) is 0 Å². The first-order chi connectivity index (χ1) is 20.5. The van der Waals surface area contributed by atoms with Crippen LogP contribution in [0.4, 0.5) is 0 Å². The van der Waals surface area contributed by atoms with Crippen LogP contribution in [0.3, 0.4) is 0 Å². The van der Waals surface area contributed by atoms with Gasteiger partial charge in [-0.1, -0.05) is 103 Å². The molecule has 2 heterocycles. The van der Waals surface area contributed by atoms with Crippen molar-refractivity contribution < 1.29 is 0 Å². The summed E-state index contributed by atoms with van der Waals surface area (Å²) < 4.78 is 1.78. The van der Waals surface area contributed by atoms with Gasteiger partial charge in [-0.25, -0.2) is 4.98 Å². The number of fused-ring (bicyclic) bond motifs is 4. The molecule has 1 atom stereocenters. The first-order valence-electron chi connectivity index (χ1n) is 14.1. The molecule has 1 aliphatic rings. The van der Waals surface area contributed by atoms with E-state index in [2.05, 4.69) is 54.6 Å². The van der Waals surface area contributed by atoms with Crippen LogP contribution in [0.15, 0.2) is 120 Å². The number of nitriles is 1. The highest BCUT2D eigenvalue weighted by atomic mass is 16.1. The van der Waals surface area contributed by atoms with Crippen LogP contribution in [0.1, 0.15) is 12.5 Å². The van der Waals surface area contributed by atoms with Crippen molar-refractivity contribution in [1.29, 1.82) is 5.26 Å². The Labute approximate surface area is 242 Å². The number of benzene rings is 5. The number of nitrogens with zero attached hydrogens (tertiary/aromatic N) is 3. The second-order valence-corrected chi connectivity index (χ2v) is 11.3. The highest BCUT2D eigenvalue weighted by molar-refractivity contribution is 6.02. The van der Waals surface area contributed by atoms with Crippen LogP contribution in [0.5, 0.6) is 0 Å². The van der Waals surface area contributed by atoms with Crippen molar-refractivity contribution in [1.82, 2.24) is 9.38 Å². The minimum atomic E-state index is -0.745. The molecule has 2 aromatic heterocycles. The number of rotatable bonds is 3. The summed E-state index contributed by atoms with van der Waals surface area (Å²) in [4.78, 5) is 19.7. The molecule has 42 heavy (non-hydrogen) atoms. The molecule has 0 saturated carbocycles. The normalized spacial score (nSPS) is 16.0. The molecule has 7 aromatic rings. The van der Waals surface area contributed by atoms with Crippen LogP contribution >= 0.6 is 0 Å². The van der Waals surface area contributed by atoms with Gasteiger partial charge in [-0.15, -0.1) is 0 Å². The van der Waals surface area contributed by atoms with Crippen molar-refractivity contribution in [2.45, 2.75) is 13.3 Å². The molecule has 5 aromatic carbocycles. The largest absolute Gasteiger partial charge is 0.268 e. The maximum Gasteiger partial charge on any atom is 0.264 e. The van der Waals surface area contributed by atoms with Gasteiger partial charge in [0, 0.05) is 21.9 Å². The summed E-state index contributed by atoms with van der Waals surface area (Å²) in [6.07, 6.45) is 2.52. The van der Waals surface area contributed by atoms with E-state index in [0.29, 0.717) is 17.5 Å². The Morgan fingerprint density at radius 3 is 2.02 bits per heavy atom. The van der Waals surface area contributed by atoms with Gasteiger partial charge in [0.1, 0.15) is 5.65 Å². The smallest absolute Gasteiger partial charge is 0.264 e. The van der Waals surface area contributed by atoms with Crippen LogP contribution in [0.2, 0.25) is 0 Å². The first kappa shape index (κ1) is 24.3. The topological polar surface area (TPSA) is 58.2 Å². The van der Waals surface area contributed by atoms with E-state index in [4.69, 9.17) is 4.98 Å². The Morgan fingerprint density at radius 2 is 1.38 bits per heavy atom. The lowest BCUT2D eigenvalue weighted by atomic mass is 9.77. The molecule has 0 fully saturated rings.